The zero-order valence-corrected chi connectivity index (χ0v) is 16.3. The summed E-state index contributed by atoms with van der Waals surface area (Å²) < 4.78 is 25.4. The summed E-state index contributed by atoms with van der Waals surface area (Å²) in [6, 6.07) is 14.7. The molecule has 2 aromatic rings. The summed E-state index contributed by atoms with van der Waals surface area (Å²) in [5, 5.41) is 2.85. The number of carbonyl (C=O) groups is 1. The van der Waals surface area contributed by atoms with E-state index in [1.54, 1.807) is 25.1 Å². The molecule has 0 heterocycles. The van der Waals surface area contributed by atoms with E-state index in [4.69, 9.17) is 0 Å². The molecule has 0 bridgehead atoms. The Balaban J connectivity index is 2.05. The zero-order chi connectivity index (χ0) is 19.3. The topological polar surface area (TPSA) is 78.5 Å². The van der Waals surface area contributed by atoms with Crippen molar-refractivity contribution in [2.45, 2.75) is 26.4 Å². The molecule has 0 aliphatic heterocycles. The van der Waals surface area contributed by atoms with Crippen molar-refractivity contribution >= 4 is 27.3 Å². The fourth-order valence-corrected chi connectivity index (χ4v) is 3.08. The first-order chi connectivity index (χ1) is 12.2. The van der Waals surface area contributed by atoms with Crippen molar-refractivity contribution in [3.8, 4) is 0 Å². The van der Waals surface area contributed by atoms with Crippen LogP contribution in [0.3, 0.4) is 0 Å². The Bertz CT molecular complexity index is 867. The van der Waals surface area contributed by atoms with Gasteiger partial charge in [-0.1, -0.05) is 36.4 Å². The van der Waals surface area contributed by atoms with Crippen LogP contribution in [-0.4, -0.2) is 38.6 Å². The van der Waals surface area contributed by atoms with Crippen LogP contribution < -0.4 is 10.0 Å². The van der Waals surface area contributed by atoms with Gasteiger partial charge in [0.1, 0.15) is 0 Å². The van der Waals surface area contributed by atoms with Crippen molar-refractivity contribution in [3.05, 3.63) is 59.7 Å². The summed E-state index contributed by atoms with van der Waals surface area (Å²) in [6.45, 7) is 4.29. The molecule has 0 aromatic heterocycles. The van der Waals surface area contributed by atoms with Gasteiger partial charge < -0.3 is 5.32 Å². The highest BCUT2D eigenvalue weighted by Gasteiger charge is 2.18. The Morgan fingerprint density at radius 1 is 1.15 bits per heavy atom. The van der Waals surface area contributed by atoms with Crippen molar-refractivity contribution in [2.24, 2.45) is 0 Å². The summed E-state index contributed by atoms with van der Waals surface area (Å²) in [7, 11) is -1.49. The molecular formula is C19H25N3O3S. The second-order valence-corrected chi connectivity index (χ2v) is 8.22. The maximum absolute atomic E-state index is 12.5. The number of likely N-dealkylation sites (N-methyl/N-ethyl adjacent to an activating group) is 1. The summed E-state index contributed by atoms with van der Waals surface area (Å²) in [4.78, 5) is 14.5. The fraction of sp³-hybridized carbons (Fsp3) is 0.316. The first-order valence-corrected chi connectivity index (χ1v) is 10.2. The number of hydrogen-bond donors (Lipinski definition) is 2. The lowest BCUT2D eigenvalue weighted by molar-refractivity contribution is -0.120. The van der Waals surface area contributed by atoms with Crippen LogP contribution in [0.15, 0.2) is 48.5 Å². The number of carbonyl (C=O) groups excluding carboxylic acids is 1. The van der Waals surface area contributed by atoms with Gasteiger partial charge in [0.05, 0.1) is 18.0 Å². The van der Waals surface area contributed by atoms with Crippen LogP contribution >= 0.6 is 0 Å². The Kier molecular flexibility index (Phi) is 6.39. The number of sulfonamides is 1. The number of amides is 1. The van der Waals surface area contributed by atoms with Crippen LogP contribution in [0.2, 0.25) is 0 Å². The highest BCUT2D eigenvalue weighted by atomic mass is 32.2. The monoisotopic (exact) mass is 375 g/mol. The third-order valence-electron chi connectivity index (χ3n) is 4.12. The zero-order valence-electron chi connectivity index (χ0n) is 15.5. The number of rotatable bonds is 7. The predicted molar refractivity (Wildman–Crippen MR) is 106 cm³/mol. The first-order valence-electron chi connectivity index (χ1n) is 8.29. The van der Waals surface area contributed by atoms with Gasteiger partial charge in [-0.25, -0.2) is 8.42 Å². The Labute approximate surface area is 155 Å². The minimum atomic E-state index is -3.38. The van der Waals surface area contributed by atoms with E-state index < -0.39 is 10.0 Å². The second kappa shape index (κ2) is 8.33. The van der Waals surface area contributed by atoms with Crippen molar-refractivity contribution < 1.29 is 13.2 Å². The van der Waals surface area contributed by atoms with Gasteiger partial charge in [0.2, 0.25) is 15.9 Å². The van der Waals surface area contributed by atoms with Crippen LogP contribution in [0.25, 0.3) is 0 Å². The Hall–Kier alpha value is -2.38. The molecule has 0 aliphatic rings. The lowest BCUT2D eigenvalue weighted by atomic mass is 10.1. The van der Waals surface area contributed by atoms with E-state index in [1.807, 2.05) is 49.2 Å². The van der Waals surface area contributed by atoms with E-state index in [0.29, 0.717) is 17.9 Å². The van der Waals surface area contributed by atoms with E-state index in [2.05, 4.69) is 10.0 Å². The highest BCUT2D eigenvalue weighted by Crippen LogP contribution is 2.21. The second-order valence-electron chi connectivity index (χ2n) is 6.47. The molecule has 0 fully saturated rings. The number of nitrogens with one attached hydrogen (secondary N) is 2. The standard InChI is InChI=1S/C19H25N3O3S/c1-14-10-11-17(12-18(14)21-26(4,24)25)20-19(23)15(2)22(3)13-16-8-6-5-7-9-16/h5-12,15,21H,13H2,1-4H3,(H,20,23)/t15-/m0/s1. The quantitative estimate of drug-likeness (QED) is 0.780. The molecule has 1 amide bonds. The van der Waals surface area contributed by atoms with Crippen LogP contribution in [0, 0.1) is 6.92 Å². The lowest BCUT2D eigenvalue weighted by Crippen LogP contribution is -2.39. The van der Waals surface area contributed by atoms with Crippen molar-refractivity contribution in [2.75, 3.05) is 23.3 Å². The van der Waals surface area contributed by atoms with Gasteiger partial charge in [-0.3, -0.25) is 14.4 Å². The average molecular weight is 375 g/mol. The molecule has 26 heavy (non-hydrogen) atoms. The highest BCUT2D eigenvalue weighted by molar-refractivity contribution is 7.92. The fourth-order valence-electron chi connectivity index (χ4n) is 2.46. The SMILES string of the molecule is Cc1ccc(NC(=O)[C@H](C)N(C)Cc2ccccc2)cc1NS(C)(=O)=O. The molecule has 0 radical (unpaired) electrons. The molecule has 0 spiro atoms. The maximum Gasteiger partial charge on any atom is 0.241 e. The lowest BCUT2D eigenvalue weighted by Gasteiger charge is -2.24. The van der Waals surface area contributed by atoms with Gasteiger partial charge in [0.25, 0.3) is 0 Å². The molecule has 0 saturated heterocycles. The summed E-state index contributed by atoms with van der Waals surface area (Å²) in [5.41, 5.74) is 2.91. The first kappa shape index (κ1) is 19.9. The molecular weight excluding hydrogens is 350 g/mol. The molecule has 7 heteroatoms. The third-order valence-corrected chi connectivity index (χ3v) is 4.71. The van der Waals surface area contributed by atoms with E-state index >= 15 is 0 Å². The molecule has 140 valence electrons. The van der Waals surface area contributed by atoms with Crippen molar-refractivity contribution in [3.63, 3.8) is 0 Å². The predicted octanol–water partition coefficient (Wildman–Crippen LogP) is 2.83. The van der Waals surface area contributed by atoms with E-state index in [9.17, 15) is 13.2 Å². The van der Waals surface area contributed by atoms with Crippen LogP contribution in [0.1, 0.15) is 18.1 Å². The number of aryl methyl sites for hydroxylation is 1. The van der Waals surface area contributed by atoms with E-state index in [0.717, 1.165) is 17.4 Å². The minimum absolute atomic E-state index is 0.155. The minimum Gasteiger partial charge on any atom is -0.325 e. The Morgan fingerprint density at radius 2 is 1.81 bits per heavy atom. The van der Waals surface area contributed by atoms with Gasteiger partial charge in [-0.15, -0.1) is 0 Å². The molecule has 0 saturated carbocycles. The molecule has 2 aromatic carbocycles. The largest absolute Gasteiger partial charge is 0.325 e. The van der Waals surface area contributed by atoms with Crippen molar-refractivity contribution in [1.82, 2.24) is 4.90 Å². The number of hydrogen-bond acceptors (Lipinski definition) is 4. The molecule has 1 atom stereocenters. The van der Waals surface area contributed by atoms with Crippen LogP contribution in [0.5, 0.6) is 0 Å². The normalized spacial score (nSPS) is 12.7. The van der Waals surface area contributed by atoms with Gasteiger partial charge in [0, 0.05) is 12.2 Å². The van der Waals surface area contributed by atoms with Gasteiger partial charge in [0.15, 0.2) is 0 Å². The molecule has 2 N–H and O–H groups in total. The van der Waals surface area contributed by atoms with E-state index in [-0.39, 0.29) is 11.9 Å². The van der Waals surface area contributed by atoms with E-state index in [1.165, 1.54) is 0 Å². The summed E-state index contributed by atoms with van der Waals surface area (Å²) >= 11 is 0. The molecule has 0 aliphatic carbocycles. The number of anilines is 2. The van der Waals surface area contributed by atoms with Crippen LogP contribution in [-0.2, 0) is 21.4 Å². The van der Waals surface area contributed by atoms with Gasteiger partial charge in [-0.05, 0) is 44.2 Å². The molecule has 6 nitrogen and oxygen atoms in total. The smallest absolute Gasteiger partial charge is 0.241 e. The molecule has 0 unspecified atom stereocenters. The molecule has 2 rings (SSSR count). The van der Waals surface area contributed by atoms with Gasteiger partial charge in [-0.2, -0.15) is 0 Å². The third kappa shape index (κ3) is 5.86. The summed E-state index contributed by atoms with van der Waals surface area (Å²) in [6.07, 6.45) is 1.10. The number of benzene rings is 2. The average Bonchev–Trinajstić information content (AvgIpc) is 2.56. The maximum atomic E-state index is 12.5. The summed E-state index contributed by atoms with van der Waals surface area (Å²) in [5.74, 6) is -0.155. The van der Waals surface area contributed by atoms with Gasteiger partial charge >= 0.3 is 0 Å². The Morgan fingerprint density at radius 3 is 2.42 bits per heavy atom. The van der Waals surface area contributed by atoms with Crippen molar-refractivity contribution in [1.29, 1.82) is 0 Å². The number of nitrogens with zero attached hydrogens (tertiary/aromatic N) is 1. The van der Waals surface area contributed by atoms with Crippen LogP contribution in [0.4, 0.5) is 11.4 Å².